The Kier molecular flexibility index (Phi) is 3.47. The number of hydrogen-bond donors (Lipinski definition) is 2. The first-order chi connectivity index (χ1) is 10.8. The van der Waals surface area contributed by atoms with E-state index < -0.39 is 0 Å². The van der Waals surface area contributed by atoms with Crippen LogP contribution in [-0.4, -0.2) is 18.1 Å². The minimum atomic E-state index is 0.130. The molecule has 4 nitrogen and oxygen atoms in total. The van der Waals surface area contributed by atoms with Crippen molar-refractivity contribution in [3.05, 3.63) is 53.7 Å². The smallest absolute Gasteiger partial charge is 0.128 e. The fourth-order valence-electron chi connectivity index (χ4n) is 3.62. The number of nitrogens with zero attached hydrogens (tertiary/aromatic N) is 2. The Bertz CT molecular complexity index is 646. The third-order valence-electron chi connectivity index (χ3n) is 4.78. The van der Waals surface area contributed by atoms with Gasteiger partial charge in [-0.25, -0.2) is 4.98 Å². The number of hydrogen-bond acceptors (Lipinski definition) is 4. The van der Waals surface area contributed by atoms with Gasteiger partial charge >= 0.3 is 0 Å². The van der Waals surface area contributed by atoms with Crippen molar-refractivity contribution in [1.29, 1.82) is 0 Å². The predicted molar refractivity (Wildman–Crippen MR) is 90.0 cm³/mol. The molecule has 1 fully saturated rings. The summed E-state index contributed by atoms with van der Waals surface area (Å²) >= 11 is 0. The second kappa shape index (κ2) is 5.61. The third kappa shape index (κ3) is 2.44. The molecule has 2 aromatic rings. The van der Waals surface area contributed by atoms with Crippen molar-refractivity contribution in [2.75, 3.05) is 23.3 Å². The van der Waals surface area contributed by atoms with E-state index in [4.69, 9.17) is 5.73 Å². The summed E-state index contributed by atoms with van der Waals surface area (Å²) in [6, 6.07) is 13.1. The van der Waals surface area contributed by atoms with Crippen molar-refractivity contribution in [2.24, 2.45) is 5.73 Å². The lowest BCUT2D eigenvalue weighted by atomic mass is 10.1. The monoisotopic (exact) mass is 294 g/mol. The standard InChI is InChI=1S/C18H22N4/c19-16-11-17(15-6-2-1-5-14(15)16)21-13-7-8-18(20-12-13)22-9-3-4-10-22/h1-2,5-8,12,16-17,21H,3-4,9-11,19H2. The van der Waals surface area contributed by atoms with Gasteiger partial charge in [0.2, 0.25) is 0 Å². The van der Waals surface area contributed by atoms with Crippen LogP contribution in [0.4, 0.5) is 11.5 Å². The molecule has 0 radical (unpaired) electrons. The van der Waals surface area contributed by atoms with Gasteiger partial charge in [0.1, 0.15) is 5.82 Å². The minimum Gasteiger partial charge on any atom is -0.377 e. The molecule has 2 heterocycles. The summed E-state index contributed by atoms with van der Waals surface area (Å²) < 4.78 is 0. The molecule has 1 saturated heterocycles. The van der Waals surface area contributed by atoms with Crippen LogP contribution in [0.3, 0.4) is 0 Å². The number of anilines is 2. The molecule has 0 spiro atoms. The van der Waals surface area contributed by atoms with Crippen molar-refractivity contribution < 1.29 is 0 Å². The van der Waals surface area contributed by atoms with E-state index in [-0.39, 0.29) is 12.1 Å². The molecule has 2 atom stereocenters. The average Bonchev–Trinajstić information content (AvgIpc) is 3.18. The van der Waals surface area contributed by atoms with Crippen LogP contribution in [0.5, 0.6) is 0 Å². The second-order valence-corrected chi connectivity index (χ2v) is 6.27. The molecule has 2 aliphatic rings. The molecule has 1 aliphatic heterocycles. The van der Waals surface area contributed by atoms with Crippen LogP contribution in [0.2, 0.25) is 0 Å². The topological polar surface area (TPSA) is 54.2 Å². The first kappa shape index (κ1) is 13.6. The summed E-state index contributed by atoms with van der Waals surface area (Å²) in [4.78, 5) is 6.96. The van der Waals surface area contributed by atoms with Crippen LogP contribution in [0.25, 0.3) is 0 Å². The van der Waals surface area contributed by atoms with E-state index in [0.717, 1.165) is 31.0 Å². The molecule has 114 valence electrons. The van der Waals surface area contributed by atoms with Crippen molar-refractivity contribution in [3.63, 3.8) is 0 Å². The van der Waals surface area contributed by atoms with Gasteiger partial charge in [0.15, 0.2) is 0 Å². The second-order valence-electron chi connectivity index (χ2n) is 6.27. The molecule has 22 heavy (non-hydrogen) atoms. The summed E-state index contributed by atoms with van der Waals surface area (Å²) in [6.07, 6.45) is 5.43. The summed E-state index contributed by atoms with van der Waals surface area (Å²) in [5, 5.41) is 3.58. The lowest BCUT2D eigenvalue weighted by molar-refractivity contribution is 0.648. The van der Waals surface area contributed by atoms with E-state index in [2.05, 4.69) is 51.6 Å². The zero-order valence-electron chi connectivity index (χ0n) is 12.7. The van der Waals surface area contributed by atoms with Crippen LogP contribution in [0, 0.1) is 0 Å². The van der Waals surface area contributed by atoms with Crippen LogP contribution in [-0.2, 0) is 0 Å². The molecule has 0 bridgehead atoms. The highest BCUT2D eigenvalue weighted by Gasteiger charge is 2.28. The molecule has 1 aromatic carbocycles. The van der Waals surface area contributed by atoms with E-state index in [1.807, 2.05) is 6.20 Å². The maximum Gasteiger partial charge on any atom is 0.128 e. The van der Waals surface area contributed by atoms with E-state index in [0.29, 0.717) is 0 Å². The average molecular weight is 294 g/mol. The fourth-order valence-corrected chi connectivity index (χ4v) is 3.62. The zero-order chi connectivity index (χ0) is 14.9. The molecule has 1 aromatic heterocycles. The molecule has 3 N–H and O–H groups in total. The molecule has 4 heteroatoms. The van der Waals surface area contributed by atoms with Crippen LogP contribution in [0.15, 0.2) is 42.6 Å². The van der Waals surface area contributed by atoms with Gasteiger partial charge in [-0.15, -0.1) is 0 Å². The zero-order valence-corrected chi connectivity index (χ0v) is 12.7. The Hall–Kier alpha value is -2.07. The number of benzene rings is 1. The van der Waals surface area contributed by atoms with E-state index >= 15 is 0 Å². The van der Waals surface area contributed by atoms with Crippen LogP contribution < -0.4 is 16.0 Å². The molecule has 0 amide bonds. The highest BCUT2D eigenvalue weighted by molar-refractivity contribution is 5.52. The van der Waals surface area contributed by atoms with Gasteiger partial charge < -0.3 is 16.0 Å². The van der Waals surface area contributed by atoms with Gasteiger partial charge in [0.25, 0.3) is 0 Å². The molecular formula is C18H22N4. The molecule has 4 rings (SSSR count). The number of nitrogens with two attached hydrogens (primary N) is 1. The molecular weight excluding hydrogens is 272 g/mol. The highest BCUT2D eigenvalue weighted by atomic mass is 15.2. The van der Waals surface area contributed by atoms with Gasteiger partial charge in [-0.1, -0.05) is 24.3 Å². The van der Waals surface area contributed by atoms with E-state index in [9.17, 15) is 0 Å². The summed E-state index contributed by atoms with van der Waals surface area (Å²) in [6.45, 7) is 2.26. The van der Waals surface area contributed by atoms with Gasteiger partial charge in [-0.2, -0.15) is 0 Å². The normalized spacial score (nSPS) is 23.6. The van der Waals surface area contributed by atoms with Crippen LogP contribution >= 0.6 is 0 Å². The van der Waals surface area contributed by atoms with Gasteiger partial charge in [-0.05, 0) is 42.5 Å². The summed E-state index contributed by atoms with van der Waals surface area (Å²) in [5.74, 6) is 1.09. The predicted octanol–water partition coefficient (Wildman–Crippen LogP) is 3.24. The molecule has 0 saturated carbocycles. The number of fused-ring (bicyclic) bond motifs is 1. The Balaban J connectivity index is 1.50. The van der Waals surface area contributed by atoms with Crippen LogP contribution in [0.1, 0.15) is 42.5 Å². The largest absolute Gasteiger partial charge is 0.377 e. The molecule has 1 aliphatic carbocycles. The minimum absolute atomic E-state index is 0.130. The number of nitrogens with one attached hydrogen (secondary N) is 1. The van der Waals surface area contributed by atoms with Crippen molar-refractivity contribution >= 4 is 11.5 Å². The lowest BCUT2D eigenvalue weighted by Gasteiger charge is -2.18. The lowest BCUT2D eigenvalue weighted by Crippen LogP contribution is -2.18. The van der Waals surface area contributed by atoms with E-state index in [1.54, 1.807) is 0 Å². The quantitative estimate of drug-likeness (QED) is 0.912. The van der Waals surface area contributed by atoms with Gasteiger partial charge in [0.05, 0.1) is 17.9 Å². The van der Waals surface area contributed by atoms with Crippen molar-refractivity contribution in [3.8, 4) is 0 Å². The summed E-state index contributed by atoms with van der Waals surface area (Å²) in [7, 11) is 0. The number of aromatic nitrogens is 1. The first-order valence-corrected chi connectivity index (χ1v) is 8.13. The Morgan fingerprint density at radius 1 is 1.05 bits per heavy atom. The maximum absolute atomic E-state index is 6.23. The Labute approximate surface area is 131 Å². The van der Waals surface area contributed by atoms with Gasteiger partial charge in [-0.3, -0.25) is 0 Å². The molecule has 2 unspecified atom stereocenters. The Morgan fingerprint density at radius 2 is 1.82 bits per heavy atom. The van der Waals surface area contributed by atoms with Gasteiger partial charge in [0, 0.05) is 19.1 Å². The van der Waals surface area contributed by atoms with Crippen molar-refractivity contribution in [2.45, 2.75) is 31.3 Å². The Morgan fingerprint density at radius 3 is 2.55 bits per heavy atom. The van der Waals surface area contributed by atoms with Crippen molar-refractivity contribution in [1.82, 2.24) is 4.98 Å². The van der Waals surface area contributed by atoms with E-state index in [1.165, 1.54) is 24.0 Å². The summed E-state index contributed by atoms with van der Waals surface area (Å²) in [5.41, 5.74) is 9.89. The first-order valence-electron chi connectivity index (χ1n) is 8.13. The third-order valence-corrected chi connectivity index (χ3v) is 4.78. The maximum atomic E-state index is 6.23. The number of pyridine rings is 1. The SMILES string of the molecule is NC1CC(Nc2ccc(N3CCCC3)nc2)c2ccccc21. The highest BCUT2D eigenvalue weighted by Crippen LogP contribution is 2.39. The number of rotatable bonds is 3. The fraction of sp³-hybridized carbons (Fsp3) is 0.389.